The zero-order valence-corrected chi connectivity index (χ0v) is 20.2. The highest BCUT2D eigenvalue weighted by molar-refractivity contribution is 9.10. The minimum Gasteiger partial charge on any atom is -0.368 e. The Morgan fingerprint density at radius 1 is 0.969 bits per heavy atom. The van der Waals surface area contributed by atoms with Gasteiger partial charge < -0.3 is 9.80 Å². The van der Waals surface area contributed by atoms with E-state index in [1.165, 1.54) is 16.4 Å². The highest BCUT2D eigenvalue weighted by Crippen LogP contribution is 2.25. The maximum Gasteiger partial charge on any atom is 0.225 e. The summed E-state index contributed by atoms with van der Waals surface area (Å²) in [5.74, 6) is -0.304. The fourth-order valence-corrected chi connectivity index (χ4v) is 6.40. The van der Waals surface area contributed by atoms with Gasteiger partial charge in [0.1, 0.15) is 5.82 Å². The van der Waals surface area contributed by atoms with Crippen molar-refractivity contribution in [3.8, 4) is 0 Å². The number of carbonyl (C=O) groups excluding carboxylic acids is 1. The van der Waals surface area contributed by atoms with Crippen LogP contribution in [0.4, 0.5) is 10.1 Å². The number of hydrogen-bond acceptors (Lipinski definition) is 4. The molecule has 0 unspecified atom stereocenters. The fourth-order valence-electron chi connectivity index (χ4n) is 4.40. The van der Waals surface area contributed by atoms with Gasteiger partial charge in [0.25, 0.3) is 0 Å². The second-order valence-corrected chi connectivity index (χ2v) is 11.2. The molecule has 0 radical (unpaired) electrons. The molecule has 172 valence electrons. The van der Waals surface area contributed by atoms with E-state index in [-0.39, 0.29) is 23.4 Å². The van der Waals surface area contributed by atoms with Gasteiger partial charge in [0.2, 0.25) is 15.9 Å². The molecule has 2 aromatic carbocycles. The molecule has 2 aliphatic heterocycles. The molecular weight excluding hydrogens is 497 g/mol. The lowest BCUT2D eigenvalue weighted by atomic mass is 9.96. The van der Waals surface area contributed by atoms with Crippen LogP contribution in [0.5, 0.6) is 0 Å². The predicted molar refractivity (Wildman–Crippen MR) is 126 cm³/mol. The van der Waals surface area contributed by atoms with E-state index in [4.69, 9.17) is 0 Å². The summed E-state index contributed by atoms with van der Waals surface area (Å²) in [5, 5.41) is 0. The van der Waals surface area contributed by atoms with Crippen molar-refractivity contribution in [2.24, 2.45) is 5.92 Å². The summed E-state index contributed by atoms with van der Waals surface area (Å²) < 4.78 is 41.2. The van der Waals surface area contributed by atoms with Crippen molar-refractivity contribution in [3.63, 3.8) is 0 Å². The summed E-state index contributed by atoms with van der Waals surface area (Å²) in [5.41, 5.74) is 1.71. The lowest BCUT2D eigenvalue weighted by molar-refractivity contribution is -0.137. The highest BCUT2D eigenvalue weighted by atomic mass is 79.9. The lowest BCUT2D eigenvalue weighted by Crippen LogP contribution is -2.52. The second-order valence-electron chi connectivity index (χ2n) is 8.35. The third kappa shape index (κ3) is 5.50. The van der Waals surface area contributed by atoms with E-state index in [0.717, 1.165) is 15.7 Å². The van der Waals surface area contributed by atoms with Crippen LogP contribution in [0, 0.1) is 11.7 Å². The van der Waals surface area contributed by atoms with Gasteiger partial charge in [0.15, 0.2) is 0 Å². The van der Waals surface area contributed by atoms with Crippen molar-refractivity contribution >= 4 is 37.5 Å². The van der Waals surface area contributed by atoms with Crippen LogP contribution in [-0.2, 0) is 20.6 Å². The number of rotatable bonds is 5. The first-order chi connectivity index (χ1) is 15.3. The van der Waals surface area contributed by atoms with E-state index in [2.05, 4.69) is 20.8 Å². The zero-order chi connectivity index (χ0) is 22.7. The summed E-state index contributed by atoms with van der Waals surface area (Å²) in [4.78, 5) is 17.0. The summed E-state index contributed by atoms with van der Waals surface area (Å²) in [6.07, 6.45) is 1.10. The average Bonchev–Trinajstić information content (AvgIpc) is 2.79. The Balaban J connectivity index is 1.28. The zero-order valence-electron chi connectivity index (χ0n) is 17.8. The Kier molecular flexibility index (Phi) is 7.17. The Morgan fingerprint density at radius 3 is 2.25 bits per heavy atom. The van der Waals surface area contributed by atoms with Crippen LogP contribution in [0.1, 0.15) is 18.4 Å². The third-order valence-electron chi connectivity index (χ3n) is 6.22. The molecule has 6 nitrogen and oxygen atoms in total. The van der Waals surface area contributed by atoms with E-state index in [9.17, 15) is 17.6 Å². The Bertz CT molecular complexity index is 1050. The number of piperidine rings is 1. The molecule has 0 atom stereocenters. The van der Waals surface area contributed by atoms with Crippen molar-refractivity contribution in [1.82, 2.24) is 9.21 Å². The highest BCUT2D eigenvalue weighted by Gasteiger charge is 2.34. The standard InChI is InChI=1S/C23H27BrFN3O3S/c24-20-3-1-2-18(16-20)17-32(30,31)28-10-8-19(9-11-28)23(29)27-14-12-26(13-15-27)22-6-4-21(25)5-7-22/h1-7,16,19H,8-15,17H2. The predicted octanol–water partition coefficient (Wildman–Crippen LogP) is 3.48. The van der Waals surface area contributed by atoms with Gasteiger partial charge in [-0.1, -0.05) is 28.1 Å². The van der Waals surface area contributed by atoms with Gasteiger partial charge in [-0.05, 0) is 54.8 Å². The Hall–Kier alpha value is -1.97. The van der Waals surface area contributed by atoms with Gasteiger partial charge in [-0.15, -0.1) is 0 Å². The molecule has 9 heteroatoms. The number of anilines is 1. The molecular formula is C23H27BrFN3O3S. The molecule has 2 heterocycles. The van der Waals surface area contributed by atoms with Crippen LogP contribution in [-0.4, -0.2) is 62.8 Å². The van der Waals surface area contributed by atoms with Gasteiger partial charge in [0.05, 0.1) is 5.75 Å². The molecule has 0 N–H and O–H groups in total. The van der Waals surface area contributed by atoms with Crippen molar-refractivity contribution < 1.29 is 17.6 Å². The SMILES string of the molecule is O=C(C1CCN(S(=O)(=O)Cc2cccc(Br)c2)CC1)N1CCN(c2ccc(F)cc2)CC1. The monoisotopic (exact) mass is 523 g/mol. The van der Waals surface area contributed by atoms with Crippen LogP contribution in [0.15, 0.2) is 53.0 Å². The summed E-state index contributed by atoms with van der Waals surface area (Å²) in [6.45, 7) is 3.41. The quantitative estimate of drug-likeness (QED) is 0.601. The molecule has 0 bridgehead atoms. The minimum atomic E-state index is -3.41. The first kappa shape index (κ1) is 23.2. The van der Waals surface area contributed by atoms with Crippen molar-refractivity contribution in [1.29, 1.82) is 0 Å². The van der Waals surface area contributed by atoms with Crippen molar-refractivity contribution in [2.45, 2.75) is 18.6 Å². The maximum atomic E-state index is 13.1. The molecule has 0 aliphatic carbocycles. The summed E-state index contributed by atoms with van der Waals surface area (Å²) in [7, 11) is -3.41. The van der Waals surface area contributed by atoms with E-state index in [0.29, 0.717) is 52.1 Å². The largest absolute Gasteiger partial charge is 0.368 e. The van der Waals surface area contributed by atoms with Crippen molar-refractivity contribution in [2.75, 3.05) is 44.2 Å². The van der Waals surface area contributed by atoms with Gasteiger partial charge >= 0.3 is 0 Å². The van der Waals surface area contributed by atoms with Gasteiger partial charge in [-0.3, -0.25) is 4.79 Å². The number of amides is 1. The molecule has 2 saturated heterocycles. The molecule has 2 aliphatic rings. The number of carbonyl (C=O) groups is 1. The van der Waals surface area contributed by atoms with Gasteiger partial charge in [-0.2, -0.15) is 0 Å². The number of benzene rings is 2. The number of hydrogen-bond donors (Lipinski definition) is 0. The smallest absolute Gasteiger partial charge is 0.225 e. The Labute approximate surface area is 197 Å². The first-order valence-corrected chi connectivity index (χ1v) is 13.2. The first-order valence-electron chi connectivity index (χ1n) is 10.8. The van der Waals surface area contributed by atoms with Crippen LogP contribution in [0.3, 0.4) is 0 Å². The van der Waals surface area contributed by atoms with Crippen LogP contribution < -0.4 is 4.90 Å². The maximum absolute atomic E-state index is 13.1. The van der Waals surface area contributed by atoms with Crippen LogP contribution >= 0.6 is 15.9 Å². The molecule has 0 spiro atoms. The van der Waals surface area contributed by atoms with Crippen LogP contribution in [0.2, 0.25) is 0 Å². The number of sulfonamides is 1. The van der Waals surface area contributed by atoms with E-state index in [1.54, 1.807) is 12.1 Å². The average molecular weight is 524 g/mol. The molecule has 0 saturated carbocycles. The van der Waals surface area contributed by atoms with E-state index in [1.807, 2.05) is 29.2 Å². The van der Waals surface area contributed by atoms with Gasteiger partial charge in [-0.25, -0.2) is 17.1 Å². The molecule has 2 aromatic rings. The minimum absolute atomic E-state index is 0.0314. The topological polar surface area (TPSA) is 60.9 Å². The number of halogens is 2. The molecule has 32 heavy (non-hydrogen) atoms. The van der Waals surface area contributed by atoms with Crippen LogP contribution in [0.25, 0.3) is 0 Å². The van der Waals surface area contributed by atoms with Crippen molar-refractivity contribution in [3.05, 3.63) is 64.4 Å². The van der Waals surface area contributed by atoms with E-state index < -0.39 is 10.0 Å². The fraction of sp³-hybridized carbons (Fsp3) is 0.435. The Morgan fingerprint density at radius 2 is 1.62 bits per heavy atom. The molecule has 2 fully saturated rings. The normalized spacial score (nSPS) is 18.7. The number of piperazine rings is 1. The lowest BCUT2D eigenvalue weighted by Gasteiger charge is -2.39. The third-order valence-corrected chi connectivity index (χ3v) is 8.56. The molecule has 0 aromatic heterocycles. The summed E-state index contributed by atoms with van der Waals surface area (Å²) in [6, 6.07) is 13.7. The molecule has 4 rings (SSSR count). The van der Waals surface area contributed by atoms with E-state index >= 15 is 0 Å². The summed E-state index contributed by atoms with van der Waals surface area (Å²) >= 11 is 3.38. The second kappa shape index (κ2) is 9.89. The van der Waals surface area contributed by atoms with Gasteiger partial charge in [0, 0.05) is 55.3 Å². The molecule has 1 amide bonds. The number of nitrogens with zero attached hydrogens (tertiary/aromatic N) is 3.